The van der Waals surface area contributed by atoms with E-state index in [2.05, 4.69) is 143 Å². The summed E-state index contributed by atoms with van der Waals surface area (Å²) in [6.07, 6.45) is 11.7. The second-order valence-electron chi connectivity index (χ2n) is 14.0. The molecule has 0 unspecified atom stereocenters. The van der Waals surface area contributed by atoms with Gasteiger partial charge in [-0.05, 0) is 76.6 Å². The van der Waals surface area contributed by atoms with Crippen LogP contribution < -0.4 is 15.2 Å². The number of amidine groups is 1. The predicted molar refractivity (Wildman–Crippen MR) is 199 cm³/mol. The molecule has 1 aromatic heterocycles. The molecule has 0 radical (unpaired) electrons. The van der Waals surface area contributed by atoms with E-state index in [4.69, 9.17) is 10.2 Å². The number of anilines is 3. The van der Waals surface area contributed by atoms with E-state index in [-0.39, 0.29) is 5.66 Å². The molecule has 3 aliphatic rings. The average Bonchev–Trinajstić information content (AvgIpc) is 3.65. The van der Waals surface area contributed by atoms with Crippen molar-refractivity contribution < 1.29 is 0 Å². The first-order valence-corrected chi connectivity index (χ1v) is 17.9. The standard InChI is InChI=1S/C42H46N6/c1-31-21-25-36(26-22-31)47-41(43-35-19-11-5-12-20-35)39(38(44-47)33-15-7-3-8-16-33)46-40(34-17-9-4-10-18-34)45-48(37-27-23-32(2)24-28-37)42(46)29-13-6-14-30-42/h3-4,7-10,15-18,21-28,35,43H,5-6,11-14,19-20,29-30H2,1-2H3. The first kappa shape index (κ1) is 30.5. The van der Waals surface area contributed by atoms with Crippen molar-refractivity contribution in [1.29, 1.82) is 0 Å². The van der Waals surface area contributed by atoms with Crippen LogP contribution in [0.2, 0.25) is 0 Å². The largest absolute Gasteiger partial charge is 0.365 e. The second kappa shape index (κ2) is 13.0. The molecule has 2 saturated carbocycles. The lowest BCUT2D eigenvalue weighted by Gasteiger charge is -2.47. The van der Waals surface area contributed by atoms with Crippen LogP contribution in [0.15, 0.2) is 114 Å². The predicted octanol–water partition coefficient (Wildman–Crippen LogP) is 10.2. The molecule has 1 N–H and O–H groups in total. The highest BCUT2D eigenvalue weighted by atomic mass is 15.7. The molecule has 0 bridgehead atoms. The minimum atomic E-state index is -0.383. The van der Waals surface area contributed by atoms with Crippen molar-refractivity contribution in [3.8, 4) is 16.9 Å². The summed E-state index contributed by atoms with van der Waals surface area (Å²) in [6, 6.07) is 39.6. The lowest BCUT2D eigenvalue weighted by molar-refractivity contribution is 0.299. The number of nitrogens with zero attached hydrogens (tertiary/aromatic N) is 5. The summed E-state index contributed by atoms with van der Waals surface area (Å²) in [4.78, 5) is 2.60. The number of hydrogen-bond acceptors (Lipinski definition) is 5. The second-order valence-corrected chi connectivity index (χ2v) is 14.0. The fourth-order valence-electron chi connectivity index (χ4n) is 8.00. The number of aryl methyl sites for hydroxylation is 2. The van der Waals surface area contributed by atoms with Gasteiger partial charge in [0.25, 0.3) is 0 Å². The summed E-state index contributed by atoms with van der Waals surface area (Å²) in [5.41, 5.74) is 8.63. The zero-order valence-electron chi connectivity index (χ0n) is 28.3. The van der Waals surface area contributed by atoms with Gasteiger partial charge in [0.15, 0.2) is 11.7 Å². The third-order valence-corrected chi connectivity index (χ3v) is 10.5. The Hall–Kier alpha value is -4.84. The number of benzene rings is 4. The first-order chi connectivity index (χ1) is 23.6. The smallest absolute Gasteiger partial charge is 0.163 e. The van der Waals surface area contributed by atoms with Crippen molar-refractivity contribution in [2.24, 2.45) is 5.10 Å². The molecule has 4 aromatic carbocycles. The van der Waals surface area contributed by atoms with Crippen molar-refractivity contribution in [3.63, 3.8) is 0 Å². The van der Waals surface area contributed by atoms with Gasteiger partial charge in [-0.15, -0.1) is 0 Å². The van der Waals surface area contributed by atoms with Gasteiger partial charge in [-0.1, -0.05) is 122 Å². The minimum absolute atomic E-state index is 0.383. The normalized spacial score (nSPS) is 17.9. The number of hydrazone groups is 1. The lowest BCUT2D eigenvalue weighted by Crippen LogP contribution is -2.57. The average molecular weight is 635 g/mol. The van der Waals surface area contributed by atoms with Gasteiger partial charge in [0.05, 0.1) is 11.4 Å². The van der Waals surface area contributed by atoms with E-state index >= 15 is 0 Å². The lowest BCUT2D eigenvalue weighted by atomic mass is 9.85. The van der Waals surface area contributed by atoms with E-state index < -0.39 is 0 Å². The molecule has 0 saturated heterocycles. The number of aromatic nitrogens is 2. The molecule has 0 amide bonds. The third kappa shape index (κ3) is 5.57. The summed E-state index contributed by atoms with van der Waals surface area (Å²) < 4.78 is 2.18. The maximum absolute atomic E-state index is 5.62. The molecule has 2 fully saturated rings. The third-order valence-electron chi connectivity index (χ3n) is 10.5. The monoisotopic (exact) mass is 634 g/mol. The van der Waals surface area contributed by atoms with Gasteiger partial charge in [-0.2, -0.15) is 10.2 Å². The van der Waals surface area contributed by atoms with E-state index in [1.165, 1.54) is 49.7 Å². The molecule has 2 heterocycles. The first-order valence-electron chi connectivity index (χ1n) is 17.9. The fourth-order valence-corrected chi connectivity index (χ4v) is 8.00. The van der Waals surface area contributed by atoms with Gasteiger partial charge in [-0.3, -0.25) is 4.90 Å². The molecule has 5 aromatic rings. The number of nitrogens with one attached hydrogen (secondary N) is 1. The molecule has 48 heavy (non-hydrogen) atoms. The zero-order valence-corrected chi connectivity index (χ0v) is 28.3. The summed E-state index contributed by atoms with van der Waals surface area (Å²) in [6.45, 7) is 4.30. The van der Waals surface area contributed by atoms with Gasteiger partial charge < -0.3 is 5.32 Å². The highest BCUT2D eigenvalue weighted by molar-refractivity contribution is 6.16. The summed E-state index contributed by atoms with van der Waals surface area (Å²) in [5, 5.41) is 17.7. The van der Waals surface area contributed by atoms with Crippen LogP contribution in [0.5, 0.6) is 0 Å². The van der Waals surface area contributed by atoms with Gasteiger partial charge in [-0.25, -0.2) is 9.69 Å². The molecule has 6 heteroatoms. The summed E-state index contributed by atoms with van der Waals surface area (Å²) >= 11 is 0. The van der Waals surface area contributed by atoms with Crippen LogP contribution in [0, 0.1) is 13.8 Å². The maximum atomic E-state index is 5.62. The molecule has 6 nitrogen and oxygen atoms in total. The molecule has 1 spiro atoms. The molecule has 1 aliphatic heterocycles. The highest BCUT2D eigenvalue weighted by Crippen LogP contribution is 2.51. The minimum Gasteiger partial charge on any atom is -0.365 e. The van der Waals surface area contributed by atoms with Crippen molar-refractivity contribution in [1.82, 2.24) is 9.78 Å². The Balaban J connectivity index is 1.42. The van der Waals surface area contributed by atoms with Crippen LogP contribution in [0.3, 0.4) is 0 Å². The van der Waals surface area contributed by atoms with E-state index in [0.29, 0.717) is 6.04 Å². The summed E-state index contributed by atoms with van der Waals surface area (Å²) in [7, 11) is 0. The van der Waals surface area contributed by atoms with Crippen LogP contribution in [-0.4, -0.2) is 27.3 Å². The quantitative estimate of drug-likeness (QED) is 0.194. The Bertz CT molecular complexity index is 1860. The summed E-state index contributed by atoms with van der Waals surface area (Å²) in [5.74, 6) is 2.04. The van der Waals surface area contributed by atoms with E-state index in [1.807, 2.05) is 0 Å². The van der Waals surface area contributed by atoms with E-state index in [1.54, 1.807) is 0 Å². The molecular formula is C42H46N6. The van der Waals surface area contributed by atoms with Crippen molar-refractivity contribution in [2.45, 2.75) is 89.8 Å². The Kier molecular flexibility index (Phi) is 8.25. The van der Waals surface area contributed by atoms with E-state index in [0.717, 1.165) is 71.2 Å². The van der Waals surface area contributed by atoms with Crippen LogP contribution in [-0.2, 0) is 0 Å². The van der Waals surface area contributed by atoms with Gasteiger partial charge in [0.2, 0.25) is 0 Å². The van der Waals surface area contributed by atoms with Crippen molar-refractivity contribution in [3.05, 3.63) is 126 Å². The Labute approximate surface area is 285 Å². The Morgan fingerprint density at radius 3 is 1.81 bits per heavy atom. The molecule has 244 valence electrons. The maximum Gasteiger partial charge on any atom is 0.163 e. The Morgan fingerprint density at radius 2 is 1.19 bits per heavy atom. The van der Waals surface area contributed by atoms with Gasteiger partial charge in [0.1, 0.15) is 17.0 Å². The van der Waals surface area contributed by atoms with E-state index in [9.17, 15) is 0 Å². The highest BCUT2D eigenvalue weighted by Gasteiger charge is 2.53. The number of rotatable bonds is 7. The SMILES string of the molecule is Cc1ccc(N2N=C(c3ccccc3)N(c3c(-c4ccccc4)nn(-c4ccc(C)cc4)c3NC3CCCCC3)C23CCCCC3)cc1. The number of hydrogen-bond donors (Lipinski definition) is 1. The fraction of sp³-hybridized carbons (Fsp3) is 0.333. The van der Waals surface area contributed by atoms with Gasteiger partial charge in [0, 0.05) is 17.2 Å². The molecule has 2 aliphatic carbocycles. The molecule has 8 rings (SSSR count). The zero-order chi connectivity index (χ0) is 32.5. The van der Waals surface area contributed by atoms with Crippen molar-refractivity contribution in [2.75, 3.05) is 15.2 Å². The van der Waals surface area contributed by atoms with Crippen LogP contribution in [0.25, 0.3) is 16.9 Å². The van der Waals surface area contributed by atoms with Crippen LogP contribution >= 0.6 is 0 Å². The van der Waals surface area contributed by atoms with Crippen molar-refractivity contribution >= 4 is 23.0 Å². The van der Waals surface area contributed by atoms with Crippen LogP contribution in [0.1, 0.15) is 80.9 Å². The molecule has 0 atom stereocenters. The molecular weight excluding hydrogens is 589 g/mol. The van der Waals surface area contributed by atoms with Gasteiger partial charge >= 0.3 is 0 Å². The van der Waals surface area contributed by atoms with Crippen LogP contribution in [0.4, 0.5) is 17.2 Å². The Morgan fingerprint density at radius 1 is 0.625 bits per heavy atom. The topological polar surface area (TPSA) is 48.7 Å².